The van der Waals surface area contributed by atoms with Crippen molar-refractivity contribution in [3.63, 3.8) is 0 Å². The molecule has 1 aromatic rings. The lowest BCUT2D eigenvalue weighted by Crippen LogP contribution is -2.44. The Bertz CT molecular complexity index is 570. The van der Waals surface area contributed by atoms with Gasteiger partial charge in [0.05, 0.1) is 21.8 Å². The molecule has 21 heavy (non-hydrogen) atoms. The van der Waals surface area contributed by atoms with Crippen molar-refractivity contribution in [3.05, 3.63) is 44.0 Å². The van der Waals surface area contributed by atoms with E-state index < -0.39 is 27.2 Å². The number of nitrogens with two attached hydrogens (primary N) is 1. The standard InChI is InChI=1S/C12H13N3O6/c13-11-2-1-10(11)12(16)21-6-7-3-8(14(17)18)5-9(4-7)15(19)20/h3-5,10-11H,1-2,6,13H2/t10-,11-/m1/s1. The van der Waals surface area contributed by atoms with E-state index in [9.17, 15) is 25.0 Å². The van der Waals surface area contributed by atoms with Crippen molar-refractivity contribution in [2.24, 2.45) is 11.7 Å². The first-order valence-electron chi connectivity index (χ1n) is 6.23. The Labute approximate surface area is 119 Å². The van der Waals surface area contributed by atoms with E-state index in [0.717, 1.165) is 24.6 Å². The second-order valence-electron chi connectivity index (χ2n) is 4.83. The van der Waals surface area contributed by atoms with Gasteiger partial charge in [-0.2, -0.15) is 0 Å². The predicted octanol–water partition coefficient (Wildman–Crippen LogP) is 1.28. The van der Waals surface area contributed by atoms with Crippen molar-refractivity contribution in [3.8, 4) is 0 Å². The van der Waals surface area contributed by atoms with Crippen LogP contribution in [-0.4, -0.2) is 21.9 Å². The van der Waals surface area contributed by atoms with Gasteiger partial charge in [-0.1, -0.05) is 0 Å². The minimum Gasteiger partial charge on any atom is -0.461 e. The third-order valence-corrected chi connectivity index (χ3v) is 3.40. The first-order valence-corrected chi connectivity index (χ1v) is 6.23. The van der Waals surface area contributed by atoms with Gasteiger partial charge in [-0.25, -0.2) is 0 Å². The van der Waals surface area contributed by atoms with Gasteiger partial charge in [0.1, 0.15) is 6.61 Å². The predicted molar refractivity (Wildman–Crippen MR) is 70.2 cm³/mol. The van der Waals surface area contributed by atoms with Gasteiger partial charge in [-0.15, -0.1) is 0 Å². The number of nitro benzene ring substituents is 2. The lowest BCUT2D eigenvalue weighted by Gasteiger charge is -2.31. The van der Waals surface area contributed by atoms with Crippen molar-refractivity contribution < 1.29 is 19.4 Å². The highest BCUT2D eigenvalue weighted by Gasteiger charge is 2.35. The molecule has 2 N–H and O–H groups in total. The molecule has 0 aromatic heterocycles. The zero-order chi connectivity index (χ0) is 15.6. The van der Waals surface area contributed by atoms with Crippen molar-refractivity contribution in [2.75, 3.05) is 0 Å². The fourth-order valence-electron chi connectivity index (χ4n) is 2.03. The second kappa shape index (κ2) is 5.83. The van der Waals surface area contributed by atoms with E-state index >= 15 is 0 Å². The van der Waals surface area contributed by atoms with Crippen LogP contribution < -0.4 is 5.73 Å². The quantitative estimate of drug-likeness (QED) is 0.490. The molecule has 1 aliphatic carbocycles. The third-order valence-electron chi connectivity index (χ3n) is 3.40. The molecular weight excluding hydrogens is 282 g/mol. The van der Waals surface area contributed by atoms with Crippen LogP contribution in [0, 0.1) is 26.1 Å². The number of benzene rings is 1. The number of rotatable bonds is 5. The van der Waals surface area contributed by atoms with Gasteiger partial charge in [0.15, 0.2) is 0 Å². The summed E-state index contributed by atoms with van der Waals surface area (Å²) >= 11 is 0. The van der Waals surface area contributed by atoms with Crippen LogP contribution >= 0.6 is 0 Å². The average molecular weight is 295 g/mol. The van der Waals surface area contributed by atoms with Gasteiger partial charge in [-0.05, 0) is 12.8 Å². The van der Waals surface area contributed by atoms with Crippen molar-refractivity contribution in [2.45, 2.75) is 25.5 Å². The van der Waals surface area contributed by atoms with Gasteiger partial charge < -0.3 is 10.5 Å². The molecule has 0 radical (unpaired) electrons. The van der Waals surface area contributed by atoms with E-state index in [2.05, 4.69) is 0 Å². The maximum Gasteiger partial charge on any atom is 0.310 e. The number of carbonyl (C=O) groups excluding carboxylic acids is 1. The van der Waals surface area contributed by atoms with Crippen molar-refractivity contribution >= 4 is 17.3 Å². The topological polar surface area (TPSA) is 139 Å². The Balaban J connectivity index is 2.10. The van der Waals surface area contributed by atoms with Gasteiger partial charge >= 0.3 is 5.97 Å². The lowest BCUT2D eigenvalue weighted by atomic mass is 9.80. The Morgan fingerprint density at radius 1 is 1.19 bits per heavy atom. The Hall–Kier alpha value is -2.55. The highest BCUT2D eigenvalue weighted by molar-refractivity contribution is 5.74. The molecular formula is C12H13N3O6. The maximum atomic E-state index is 11.7. The monoisotopic (exact) mass is 295 g/mol. The molecule has 0 spiro atoms. The normalized spacial score (nSPS) is 20.4. The van der Waals surface area contributed by atoms with Crippen LogP contribution in [0.25, 0.3) is 0 Å². The summed E-state index contributed by atoms with van der Waals surface area (Å²) in [5.41, 5.74) is 4.99. The van der Waals surface area contributed by atoms with Crippen LogP contribution in [0.5, 0.6) is 0 Å². The lowest BCUT2D eigenvalue weighted by molar-refractivity contribution is -0.394. The molecule has 9 heteroatoms. The minimum absolute atomic E-state index is 0.192. The summed E-state index contributed by atoms with van der Waals surface area (Å²) < 4.78 is 5.01. The molecule has 1 saturated carbocycles. The van der Waals surface area contributed by atoms with E-state index in [4.69, 9.17) is 10.5 Å². The summed E-state index contributed by atoms with van der Waals surface area (Å²) in [6, 6.07) is 2.91. The van der Waals surface area contributed by atoms with Crippen molar-refractivity contribution in [1.29, 1.82) is 0 Å². The number of ether oxygens (including phenoxy) is 1. The minimum atomic E-state index is -0.736. The van der Waals surface area contributed by atoms with Gasteiger partial charge in [-0.3, -0.25) is 25.0 Å². The first kappa shape index (κ1) is 14.9. The summed E-state index contributed by atoms with van der Waals surface area (Å²) in [5.74, 6) is -0.846. The van der Waals surface area contributed by atoms with Crippen LogP contribution in [0.1, 0.15) is 18.4 Å². The van der Waals surface area contributed by atoms with E-state index in [1.807, 2.05) is 0 Å². The molecule has 0 heterocycles. The summed E-state index contributed by atoms with van der Waals surface area (Å²) in [6.45, 7) is -0.259. The maximum absolute atomic E-state index is 11.7. The molecule has 0 saturated heterocycles. The van der Waals surface area contributed by atoms with E-state index in [1.165, 1.54) is 0 Å². The molecule has 2 rings (SSSR count). The van der Waals surface area contributed by atoms with E-state index in [0.29, 0.717) is 6.42 Å². The Morgan fingerprint density at radius 2 is 1.76 bits per heavy atom. The smallest absolute Gasteiger partial charge is 0.310 e. The molecule has 2 atom stereocenters. The first-order chi connectivity index (χ1) is 9.88. The van der Waals surface area contributed by atoms with Gasteiger partial charge in [0, 0.05) is 23.7 Å². The number of nitro groups is 2. The Morgan fingerprint density at radius 3 is 2.14 bits per heavy atom. The molecule has 0 bridgehead atoms. The average Bonchev–Trinajstić information content (AvgIpc) is 2.43. The zero-order valence-electron chi connectivity index (χ0n) is 10.9. The largest absolute Gasteiger partial charge is 0.461 e. The molecule has 1 aromatic carbocycles. The number of hydrogen-bond donors (Lipinski definition) is 1. The second-order valence-corrected chi connectivity index (χ2v) is 4.83. The number of non-ortho nitro benzene ring substituents is 2. The molecule has 1 fully saturated rings. The fourth-order valence-corrected chi connectivity index (χ4v) is 2.03. The van der Waals surface area contributed by atoms with Crippen LogP contribution in [0.4, 0.5) is 11.4 Å². The van der Waals surface area contributed by atoms with Gasteiger partial charge in [0.2, 0.25) is 0 Å². The molecule has 0 amide bonds. The molecule has 1 aliphatic rings. The van der Waals surface area contributed by atoms with Crippen molar-refractivity contribution in [1.82, 2.24) is 0 Å². The van der Waals surface area contributed by atoms with E-state index in [-0.39, 0.29) is 24.1 Å². The Kier molecular flexibility index (Phi) is 4.13. The number of esters is 1. The summed E-state index contributed by atoms with van der Waals surface area (Å²) in [5, 5.41) is 21.5. The van der Waals surface area contributed by atoms with Crippen LogP contribution in [0.2, 0.25) is 0 Å². The summed E-state index contributed by atoms with van der Waals surface area (Å²) in [7, 11) is 0. The third kappa shape index (κ3) is 3.31. The zero-order valence-corrected chi connectivity index (χ0v) is 10.9. The van der Waals surface area contributed by atoms with Gasteiger partial charge in [0.25, 0.3) is 11.4 Å². The number of nitrogens with zero attached hydrogens (tertiary/aromatic N) is 2. The van der Waals surface area contributed by atoms with Crippen LogP contribution in [0.15, 0.2) is 18.2 Å². The highest BCUT2D eigenvalue weighted by atomic mass is 16.6. The van der Waals surface area contributed by atoms with Crippen LogP contribution in [0.3, 0.4) is 0 Å². The molecule has 0 aliphatic heterocycles. The molecule has 112 valence electrons. The summed E-state index contributed by atoms with van der Waals surface area (Å²) in [4.78, 5) is 31.7. The molecule has 9 nitrogen and oxygen atoms in total. The van der Waals surface area contributed by atoms with Crippen LogP contribution in [-0.2, 0) is 16.1 Å². The fraction of sp³-hybridized carbons (Fsp3) is 0.417. The number of carbonyl (C=O) groups is 1. The number of hydrogen-bond acceptors (Lipinski definition) is 7. The summed E-state index contributed by atoms with van der Waals surface area (Å²) in [6.07, 6.45) is 1.40. The van der Waals surface area contributed by atoms with E-state index in [1.54, 1.807) is 0 Å². The SMILES string of the molecule is N[C@@H]1CC[C@H]1C(=O)OCc1cc([N+](=O)[O-])cc([N+](=O)[O-])c1. The molecule has 0 unspecified atom stereocenters. The highest BCUT2D eigenvalue weighted by Crippen LogP contribution is 2.28.